The Balaban J connectivity index is 1.74. The molecule has 1 N–H and O–H groups in total. The summed E-state index contributed by atoms with van der Waals surface area (Å²) >= 11 is 12.2. The van der Waals surface area contributed by atoms with Gasteiger partial charge in [-0.1, -0.05) is 35.3 Å². The van der Waals surface area contributed by atoms with Gasteiger partial charge in [0.25, 0.3) is 15.9 Å². The number of carbonyl (C=O) groups excluding carboxylic acids is 1. The Morgan fingerprint density at radius 2 is 1.71 bits per heavy atom. The van der Waals surface area contributed by atoms with Gasteiger partial charge in [-0.15, -0.1) is 0 Å². The fourth-order valence-corrected chi connectivity index (χ4v) is 4.85. The fourth-order valence-electron chi connectivity index (χ4n) is 3.13. The number of nitrogens with zero attached hydrogens (tertiary/aromatic N) is 1. The number of hydrogen-bond acceptors (Lipinski definition) is 4. The Labute approximate surface area is 189 Å². The van der Waals surface area contributed by atoms with Crippen LogP contribution >= 0.6 is 23.2 Å². The average Bonchev–Trinajstić information content (AvgIpc) is 3.14. The van der Waals surface area contributed by atoms with Crippen molar-refractivity contribution >= 4 is 50.0 Å². The van der Waals surface area contributed by atoms with E-state index in [4.69, 9.17) is 27.9 Å². The van der Waals surface area contributed by atoms with E-state index in [0.29, 0.717) is 32.4 Å². The van der Waals surface area contributed by atoms with Crippen molar-refractivity contribution in [1.29, 1.82) is 0 Å². The lowest BCUT2D eigenvalue weighted by molar-refractivity contribution is 0.0964. The molecule has 0 aliphatic rings. The Hall–Kier alpha value is -3.00. The van der Waals surface area contributed by atoms with Gasteiger partial charge < -0.3 is 10.1 Å². The number of carbonyl (C=O) groups is 1. The van der Waals surface area contributed by atoms with Gasteiger partial charge in [0.05, 0.1) is 21.0 Å². The van der Waals surface area contributed by atoms with Crippen LogP contribution in [0.2, 0.25) is 10.0 Å². The molecule has 4 aromatic rings. The summed E-state index contributed by atoms with van der Waals surface area (Å²) in [5, 5.41) is 3.79. The number of fused-ring (bicyclic) bond motifs is 1. The maximum absolute atomic E-state index is 13.3. The Morgan fingerprint density at radius 3 is 2.39 bits per heavy atom. The first-order chi connectivity index (χ1) is 14.8. The second kappa shape index (κ2) is 8.26. The van der Waals surface area contributed by atoms with Gasteiger partial charge in [-0.3, -0.25) is 4.79 Å². The van der Waals surface area contributed by atoms with Crippen molar-refractivity contribution in [1.82, 2.24) is 9.29 Å². The van der Waals surface area contributed by atoms with Crippen LogP contribution in [0.25, 0.3) is 10.9 Å². The molecule has 0 unspecified atom stereocenters. The van der Waals surface area contributed by atoms with Gasteiger partial charge in [-0.2, -0.15) is 0 Å². The second-order valence-corrected chi connectivity index (χ2v) is 9.25. The summed E-state index contributed by atoms with van der Waals surface area (Å²) in [6, 6.07) is 17.6. The van der Waals surface area contributed by atoms with E-state index in [-0.39, 0.29) is 10.5 Å². The van der Waals surface area contributed by atoms with E-state index in [9.17, 15) is 13.2 Å². The van der Waals surface area contributed by atoms with E-state index >= 15 is 0 Å². The Kier molecular flexibility index (Phi) is 5.66. The van der Waals surface area contributed by atoms with Crippen molar-refractivity contribution < 1.29 is 17.9 Å². The lowest BCUT2D eigenvalue weighted by Crippen LogP contribution is -2.17. The number of aromatic nitrogens is 1. The van der Waals surface area contributed by atoms with Gasteiger partial charge in [0.2, 0.25) is 0 Å². The van der Waals surface area contributed by atoms with E-state index in [1.807, 2.05) is 0 Å². The topological polar surface area (TPSA) is 77.4 Å². The SMILES string of the molecule is CNC(=O)c1cn(S(=O)(=O)c2ccc(Oc3ccccc3Cl)cc2)c2ccc(Cl)cc12. The largest absolute Gasteiger partial charge is 0.456 e. The van der Waals surface area contributed by atoms with Crippen molar-refractivity contribution in [2.24, 2.45) is 0 Å². The van der Waals surface area contributed by atoms with Gasteiger partial charge in [0.1, 0.15) is 11.5 Å². The zero-order chi connectivity index (χ0) is 22.2. The summed E-state index contributed by atoms with van der Waals surface area (Å²) in [7, 11) is -2.51. The normalized spacial score (nSPS) is 11.5. The summed E-state index contributed by atoms with van der Waals surface area (Å²) in [6.07, 6.45) is 1.29. The molecule has 6 nitrogen and oxygen atoms in total. The fraction of sp³-hybridized carbons (Fsp3) is 0.0455. The molecule has 3 aromatic carbocycles. The van der Waals surface area contributed by atoms with Crippen LogP contribution in [0.4, 0.5) is 0 Å². The Morgan fingerprint density at radius 1 is 1.00 bits per heavy atom. The highest BCUT2D eigenvalue weighted by Gasteiger charge is 2.23. The number of rotatable bonds is 5. The van der Waals surface area contributed by atoms with Crippen LogP contribution in [0, 0.1) is 0 Å². The average molecular weight is 475 g/mol. The third-order valence-corrected chi connectivity index (χ3v) is 6.88. The summed E-state index contributed by atoms with van der Waals surface area (Å²) in [5.74, 6) is 0.482. The molecule has 158 valence electrons. The molecule has 0 saturated heterocycles. The molecular formula is C22H16Cl2N2O4S. The monoisotopic (exact) mass is 474 g/mol. The number of halogens is 2. The standard InChI is InChI=1S/C22H16Cl2N2O4S/c1-25-22(27)18-13-26(20-11-6-14(23)12-17(18)20)31(28,29)16-9-7-15(8-10-16)30-21-5-3-2-4-19(21)24/h2-13H,1H3,(H,25,27). The van der Waals surface area contributed by atoms with Crippen LogP contribution in [-0.4, -0.2) is 25.3 Å². The molecule has 9 heteroatoms. The molecule has 0 bridgehead atoms. The lowest BCUT2D eigenvalue weighted by atomic mass is 10.1. The van der Waals surface area contributed by atoms with E-state index in [0.717, 1.165) is 3.97 Å². The van der Waals surface area contributed by atoms with E-state index in [1.54, 1.807) is 54.6 Å². The van der Waals surface area contributed by atoms with Crippen LogP contribution in [0.1, 0.15) is 10.4 Å². The van der Waals surface area contributed by atoms with E-state index in [2.05, 4.69) is 5.32 Å². The van der Waals surface area contributed by atoms with Crippen LogP contribution in [0.15, 0.2) is 77.8 Å². The second-order valence-electron chi connectivity index (χ2n) is 6.59. The van der Waals surface area contributed by atoms with Crippen LogP contribution in [0.5, 0.6) is 11.5 Å². The first-order valence-corrected chi connectivity index (χ1v) is 11.3. The summed E-state index contributed by atoms with van der Waals surface area (Å²) in [4.78, 5) is 12.3. The third-order valence-electron chi connectivity index (χ3n) is 4.65. The third kappa shape index (κ3) is 3.99. The number of benzene rings is 3. The smallest absolute Gasteiger partial charge is 0.268 e. The quantitative estimate of drug-likeness (QED) is 0.423. The van der Waals surface area contributed by atoms with Crippen molar-refractivity contribution in [2.45, 2.75) is 4.90 Å². The zero-order valence-corrected chi connectivity index (χ0v) is 18.5. The first kappa shape index (κ1) is 21.2. The van der Waals surface area contributed by atoms with Gasteiger partial charge >= 0.3 is 0 Å². The van der Waals surface area contributed by atoms with Gasteiger partial charge in [-0.05, 0) is 54.6 Å². The number of para-hydroxylation sites is 1. The van der Waals surface area contributed by atoms with Crippen LogP contribution in [0.3, 0.4) is 0 Å². The molecule has 0 aliphatic carbocycles. The van der Waals surface area contributed by atoms with Gasteiger partial charge in [-0.25, -0.2) is 12.4 Å². The number of hydrogen-bond donors (Lipinski definition) is 1. The highest BCUT2D eigenvalue weighted by atomic mass is 35.5. The molecule has 1 aromatic heterocycles. The summed E-state index contributed by atoms with van der Waals surface area (Å²) in [6.45, 7) is 0. The highest BCUT2D eigenvalue weighted by Crippen LogP contribution is 2.31. The molecule has 1 heterocycles. The van der Waals surface area contributed by atoms with Gasteiger partial charge in [0, 0.05) is 23.7 Å². The van der Waals surface area contributed by atoms with Crippen LogP contribution in [-0.2, 0) is 10.0 Å². The van der Waals surface area contributed by atoms with Crippen molar-refractivity contribution in [3.05, 3.63) is 88.5 Å². The molecule has 0 fully saturated rings. The van der Waals surface area contributed by atoms with Gasteiger partial charge in [0.15, 0.2) is 0 Å². The molecular weight excluding hydrogens is 459 g/mol. The highest BCUT2D eigenvalue weighted by molar-refractivity contribution is 7.90. The molecule has 0 atom stereocenters. The predicted molar refractivity (Wildman–Crippen MR) is 121 cm³/mol. The number of nitrogens with one attached hydrogen (secondary N) is 1. The Bertz CT molecular complexity index is 1400. The van der Waals surface area contributed by atoms with Crippen LogP contribution < -0.4 is 10.1 Å². The van der Waals surface area contributed by atoms with Crippen molar-refractivity contribution in [3.8, 4) is 11.5 Å². The predicted octanol–water partition coefficient (Wildman–Crippen LogP) is 5.34. The maximum atomic E-state index is 13.3. The minimum atomic E-state index is -3.99. The molecule has 0 aliphatic heterocycles. The van der Waals surface area contributed by atoms with Crippen molar-refractivity contribution in [2.75, 3.05) is 7.05 Å². The zero-order valence-electron chi connectivity index (χ0n) is 16.2. The minimum Gasteiger partial charge on any atom is -0.456 e. The van der Waals surface area contributed by atoms with Crippen molar-refractivity contribution in [3.63, 3.8) is 0 Å². The summed E-state index contributed by atoms with van der Waals surface area (Å²) in [5.41, 5.74) is 0.557. The lowest BCUT2D eigenvalue weighted by Gasteiger charge is -2.10. The first-order valence-electron chi connectivity index (χ1n) is 9.12. The maximum Gasteiger partial charge on any atom is 0.268 e. The van der Waals surface area contributed by atoms with E-state index in [1.165, 1.54) is 25.4 Å². The van der Waals surface area contributed by atoms with E-state index < -0.39 is 15.9 Å². The number of amides is 1. The molecule has 31 heavy (non-hydrogen) atoms. The minimum absolute atomic E-state index is 0.0364. The molecule has 1 amide bonds. The molecule has 0 radical (unpaired) electrons. The molecule has 4 rings (SSSR count). The summed E-state index contributed by atoms with van der Waals surface area (Å²) < 4.78 is 33.4. The molecule has 0 saturated carbocycles. The molecule has 0 spiro atoms. The number of ether oxygens (including phenoxy) is 1.